The van der Waals surface area contributed by atoms with E-state index in [0.29, 0.717) is 12.6 Å². The number of methoxy groups -OCH3 is 1. The quantitative estimate of drug-likeness (QED) is 0.822. The summed E-state index contributed by atoms with van der Waals surface area (Å²) in [4.78, 5) is 0. The fraction of sp³-hybridized carbons (Fsp3) is 0.625. The Morgan fingerprint density at radius 3 is 2.58 bits per heavy atom. The smallest absolute Gasteiger partial charge is 0.119 e. The Labute approximate surface area is 117 Å². The molecule has 3 nitrogen and oxygen atoms in total. The highest BCUT2D eigenvalue weighted by molar-refractivity contribution is 5.28. The molecular formula is C16H27NO2. The van der Waals surface area contributed by atoms with Crippen molar-refractivity contribution in [2.45, 2.75) is 45.8 Å². The molecule has 0 aromatic heterocycles. The lowest BCUT2D eigenvalue weighted by Crippen LogP contribution is -2.38. The van der Waals surface area contributed by atoms with Gasteiger partial charge in [-0.25, -0.2) is 0 Å². The van der Waals surface area contributed by atoms with E-state index in [4.69, 9.17) is 9.47 Å². The van der Waals surface area contributed by atoms with E-state index in [2.05, 4.69) is 45.1 Å². The number of hydrogen-bond acceptors (Lipinski definition) is 3. The number of hydrogen-bond donors (Lipinski definition) is 1. The molecule has 0 radical (unpaired) electrons. The Bertz CT molecular complexity index is 371. The first-order chi connectivity index (χ1) is 8.94. The van der Waals surface area contributed by atoms with Crippen molar-refractivity contribution in [3.63, 3.8) is 0 Å². The van der Waals surface area contributed by atoms with Crippen LogP contribution in [-0.4, -0.2) is 31.9 Å². The molecule has 0 fully saturated rings. The van der Waals surface area contributed by atoms with Crippen LogP contribution in [0.15, 0.2) is 24.3 Å². The van der Waals surface area contributed by atoms with Crippen LogP contribution in [-0.2, 0) is 11.2 Å². The van der Waals surface area contributed by atoms with Crippen molar-refractivity contribution in [2.75, 3.05) is 20.3 Å². The van der Waals surface area contributed by atoms with Gasteiger partial charge in [0, 0.05) is 6.04 Å². The lowest BCUT2D eigenvalue weighted by Gasteiger charge is -2.25. The standard InChI is InChI=1S/C16H27NO2/c1-6-17-14(12-19-16(2,3)4)10-13-8-7-9-15(11-13)18-5/h7-9,11,14,17H,6,10,12H2,1-5H3. The van der Waals surface area contributed by atoms with Gasteiger partial charge in [0.05, 0.1) is 19.3 Å². The van der Waals surface area contributed by atoms with Crippen molar-refractivity contribution in [1.82, 2.24) is 5.32 Å². The Kier molecular flexibility index (Phi) is 6.32. The topological polar surface area (TPSA) is 30.5 Å². The van der Waals surface area contributed by atoms with Crippen molar-refractivity contribution >= 4 is 0 Å². The van der Waals surface area contributed by atoms with Gasteiger partial charge in [0.25, 0.3) is 0 Å². The molecule has 1 atom stereocenters. The molecule has 0 bridgehead atoms. The van der Waals surface area contributed by atoms with Crippen LogP contribution in [0, 0.1) is 0 Å². The molecule has 0 aliphatic carbocycles. The molecule has 19 heavy (non-hydrogen) atoms. The number of ether oxygens (including phenoxy) is 2. The molecule has 0 saturated carbocycles. The molecule has 3 heteroatoms. The second-order valence-corrected chi connectivity index (χ2v) is 5.73. The Hall–Kier alpha value is -1.06. The van der Waals surface area contributed by atoms with Crippen LogP contribution in [0.3, 0.4) is 0 Å². The molecule has 0 saturated heterocycles. The van der Waals surface area contributed by atoms with Crippen molar-refractivity contribution in [1.29, 1.82) is 0 Å². The number of likely N-dealkylation sites (N-methyl/N-ethyl adjacent to an activating group) is 1. The first-order valence-corrected chi connectivity index (χ1v) is 6.95. The largest absolute Gasteiger partial charge is 0.497 e. The van der Waals surface area contributed by atoms with E-state index in [1.807, 2.05) is 12.1 Å². The molecule has 1 aromatic carbocycles. The SMILES string of the molecule is CCNC(COC(C)(C)C)Cc1cccc(OC)c1. The molecule has 0 aliphatic heterocycles. The van der Waals surface area contributed by atoms with Crippen LogP contribution in [0.2, 0.25) is 0 Å². The van der Waals surface area contributed by atoms with E-state index in [-0.39, 0.29) is 5.60 Å². The number of benzene rings is 1. The highest BCUT2D eigenvalue weighted by Crippen LogP contribution is 2.15. The van der Waals surface area contributed by atoms with Gasteiger partial charge in [0.15, 0.2) is 0 Å². The molecular weight excluding hydrogens is 238 g/mol. The number of rotatable bonds is 7. The molecule has 0 heterocycles. The van der Waals surface area contributed by atoms with Gasteiger partial charge in [-0.15, -0.1) is 0 Å². The molecule has 1 rings (SSSR count). The first-order valence-electron chi connectivity index (χ1n) is 6.95. The highest BCUT2D eigenvalue weighted by atomic mass is 16.5. The minimum absolute atomic E-state index is 0.0952. The molecule has 0 aliphatic rings. The summed E-state index contributed by atoms with van der Waals surface area (Å²) in [6, 6.07) is 8.54. The summed E-state index contributed by atoms with van der Waals surface area (Å²) in [7, 11) is 1.70. The van der Waals surface area contributed by atoms with Crippen molar-refractivity contribution in [3.8, 4) is 5.75 Å². The first kappa shape index (κ1) is 16.0. The van der Waals surface area contributed by atoms with Gasteiger partial charge >= 0.3 is 0 Å². The minimum atomic E-state index is -0.0952. The fourth-order valence-corrected chi connectivity index (χ4v) is 1.91. The zero-order chi connectivity index (χ0) is 14.3. The van der Waals surface area contributed by atoms with Crippen molar-refractivity contribution < 1.29 is 9.47 Å². The summed E-state index contributed by atoms with van der Waals surface area (Å²) < 4.78 is 11.1. The van der Waals surface area contributed by atoms with Gasteiger partial charge in [-0.05, 0) is 51.4 Å². The summed E-state index contributed by atoms with van der Waals surface area (Å²) in [5.41, 5.74) is 1.17. The van der Waals surface area contributed by atoms with E-state index in [9.17, 15) is 0 Å². The maximum absolute atomic E-state index is 5.88. The summed E-state index contributed by atoms with van der Waals surface area (Å²) >= 11 is 0. The summed E-state index contributed by atoms with van der Waals surface area (Å²) in [6.45, 7) is 10.0. The van der Waals surface area contributed by atoms with Crippen LogP contribution < -0.4 is 10.1 Å². The monoisotopic (exact) mass is 265 g/mol. The average molecular weight is 265 g/mol. The van der Waals surface area contributed by atoms with Crippen molar-refractivity contribution in [3.05, 3.63) is 29.8 Å². The maximum atomic E-state index is 5.88. The molecule has 108 valence electrons. The van der Waals surface area contributed by atoms with E-state index in [1.54, 1.807) is 7.11 Å². The van der Waals surface area contributed by atoms with Gasteiger partial charge in [0.2, 0.25) is 0 Å². The third kappa shape index (κ3) is 6.60. The summed E-state index contributed by atoms with van der Waals surface area (Å²) in [5, 5.41) is 3.48. The Balaban J connectivity index is 2.61. The zero-order valence-corrected chi connectivity index (χ0v) is 12.8. The average Bonchev–Trinajstić information content (AvgIpc) is 2.35. The zero-order valence-electron chi connectivity index (χ0n) is 12.8. The molecule has 1 unspecified atom stereocenters. The summed E-state index contributed by atoms with van der Waals surface area (Å²) in [6.07, 6.45) is 0.946. The van der Waals surface area contributed by atoms with Crippen LogP contribution in [0.5, 0.6) is 5.75 Å². The fourth-order valence-electron chi connectivity index (χ4n) is 1.91. The summed E-state index contributed by atoms with van der Waals surface area (Å²) in [5.74, 6) is 0.907. The van der Waals surface area contributed by atoms with Gasteiger partial charge in [0.1, 0.15) is 5.75 Å². The van der Waals surface area contributed by atoms with Crippen LogP contribution in [0.25, 0.3) is 0 Å². The second kappa shape index (κ2) is 7.51. The lowest BCUT2D eigenvalue weighted by atomic mass is 10.1. The Morgan fingerprint density at radius 1 is 1.26 bits per heavy atom. The normalized spacial score (nSPS) is 13.3. The highest BCUT2D eigenvalue weighted by Gasteiger charge is 2.15. The second-order valence-electron chi connectivity index (χ2n) is 5.73. The van der Waals surface area contributed by atoms with Crippen LogP contribution in [0.1, 0.15) is 33.3 Å². The van der Waals surface area contributed by atoms with Crippen molar-refractivity contribution in [2.24, 2.45) is 0 Å². The Morgan fingerprint density at radius 2 is 2.00 bits per heavy atom. The molecule has 0 amide bonds. The maximum Gasteiger partial charge on any atom is 0.119 e. The third-order valence-electron chi connectivity index (χ3n) is 2.83. The van der Waals surface area contributed by atoms with E-state index in [0.717, 1.165) is 18.7 Å². The van der Waals surface area contributed by atoms with Gasteiger partial charge in [-0.1, -0.05) is 19.1 Å². The molecule has 1 N–H and O–H groups in total. The third-order valence-corrected chi connectivity index (χ3v) is 2.83. The van der Waals surface area contributed by atoms with Crippen LogP contribution >= 0.6 is 0 Å². The van der Waals surface area contributed by atoms with E-state index < -0.39 is 0 Å². The predicted octanol–water partition coefficient (Wildman–Crippen LogP) is 3.03. The van der Waals surface area contributed by atoms with E-state index >= 15 is 0 Å². The lowest BCUT2D eigenvalue weighted by molar-refractivity contribution is -0.0141. The minimum Gasteiger partial charge on any atom is -0.497 e. The predicted molar refractivity (Wildman–Crippen MR) is 79.9 cm³/mol. The van der Waals surface area contributed by atoms with Gasteiger partial charge in [-0.3, -0.25) is 0 Å². The number of nitrogens with one attached hydrogen (secondary N) is 1. The van der Waals surface area contributed by atoms with E-state index in [1.165, 1.54) is 5.56 Å². The van der Waals surface area contributed by atoms with Crippen LogP contribution in [0.4, 0.5) is 0 Å². The van der Waals surface area contributed by atoms with Gasteiger partial charge < -0.3 is 14.8 Å². The van der Waals surface area contributed by atoms with Gasteiger partial charge in [-0.2, -0.15) is 0 Å². The molecule has 0 spiro atoms. The molecule has 1 aromatic rings.